The van der Waals surface area contributed by atoms with Gasteiger partial charge >= 0.3 is 0 Å². The van der Waals surface area contributed by atoms with Crippen molar-refractivity contribution in [2.75, 3.05) is 11.5 Å². The molecule has 112 valence electrons. The highest BCUT2D eigenvalue weighted by Gasteiger charge is 2.19. The van der Waals surface area contributed by atoms with E-state index in [1.807, 2.05) is 60.7 Å². The van der Waals surface area contributed by atoms with Crippen LogP contribution in [0.25, 0.3) is 5.69 Å². The van der Waals surface area contributed by atoms with Gasteiger partial charge in [0, 0.05) is 5.75 Å². The first-order valence-corrected chi connectivity index (χ1v) is 9.10. The van der Waals surface area contributed by atoms with Crippen LogP contribution in [-0.2, 0) is 11.2 Å². The quantitative estimate of drug-likeness (QED) is 0.556. The van der Waals surface area contributed by atoms with Gasteiger partial charge in [-0.05, 0) is 34.7 Å². The summed E-state index contributed by atoms with van der Waals surface area (Å²) in [6.45, 7) is 0. The number of hydrogen-bond donors (Lipinski definition) is 1. The highest BCUT2D eigenvalue weighted by molar-refractivity contribution is 8.00. The van der Waals surface area contributed by atoms with E-state index >= 15 is 0 Å². The second kappa shape index (κ2) is 7.44. The van der Waals surface area contributed by atoms with E-state index in [-0.39, 0.29) is 0 Å². The van der Waals surface area contributed by atoms with Crippen LogP contribution in [0.3, 0.4) is 0 Å². The summed E-state index contributed by atoms with van der Waals surface area (Å²) in [7, 11) is 0. The summed E-state index contributed by atoms with van der Waals surface area (Å²) >= 11 is 0.801. The molecule has 0 aliphatic rings. The Balaban J connectivity index is 1.60. The summed E-state index contributed by atoms with van der Waals surface area (Å²) in [5.74, 6) is 1.43. The molecule has 1 unspecified atom stereocenters. The summed E-state index contributed by atoms with van der Waals surface area (Å²) in [5, 5.41) is 12.5. The fraction of sp³-hybridized carbons (Fsp3) is 0.133. The second-order valence-electron chi connectivity index (χ2n) is 4.44. The monoisotopic (exact) mass is 331 g/mol. The van der Waals surface area contributed by atoms with E-state index in [2.05, 4.69) is 15.5 Å². The molecule has 1 heterocycles. The lowest BCUT2D eigenvalue weighted by atomic mass is 10.3. The summed E-state index contributed by atoms with van der Waals surface area (Å²) in [5.41, 5.74) is 0.932. The van der Waals surface area contributed by atoms with Crippen molar-refractivity contribution in [2.24, 2.45) is 0 Å². The topological polar surface area (TPSA) is 63.8 Å². The smallest absolute Gasteiger partial charge is 0.188 e. The molecule has 3 aromatic rings. The molecule has 0 aliphatic carbocycles. The van der Waals surface area contributed by atoms with Gasteiger partial charge < -0.3 is 0 Å². The Morgan fingerprint density at radius 2 is 1.68 bits per heavy atom. The minimum absolute atomic E-state index is 0.677. The number of para-hydroxylation sites is 1. The van der Waals surface area contributed by atoms with Crippen LogP contribution in [0.15, 0.2) is 70.7 Å². The van der Waals surface area contributed by atoms with Crippen molar-refractivity contribution in [3.05, 3.63) is 60.7 Å². The van der Waals surface area contributed by atoms with Crippen molar-refractivity contribution in [1.82, 2.24) is 20.2 Å². The zero-order valence-corrected chi connectivity index (χ0v) is 13.4. The molecular formula is C15H15N4OS2+. The molecule has 0 spiro atoms. The van der Waals surface area contributed by atoms with Crippen LogP contribution in [0.4, 0.5) is 0 Å². The lowest BCUT2D eigenvalue weighted by Crippen LogP contribution is -2.09. The summed E-state index contributed by atoms with van der Waals surface area (Å²) in [6, 6.07) is 19.5. The number of nitrogens with zero attached hydrogens (tertiary/aromatic N) is 4. The molecular weight excluding hydrogens is 316 g/mol. The van der Waals surface area contributed by atoms with Crippen LogP contribution in [0.1, 0.15) is 0 Å². The molecule has 3 rings (SSSR count). The molecule has 1 aromatic heterocycles. The van der Waals surface area contributed by atoms with Gasteiger partial charge in [-0.3, -0.25) is 0 Å². The van der Waals surface area contributed by atoms with Gasteiger partial charge in [0.25, 0.3) is 0 Å². The molecule has 2 aromatic carbocycles. The number of thioether (sulfide) groups is 1. The average Bonchev–Trinajstić information content (AvgIpc) is 3.05. The largest absolute Gasteiger partial charge is 0.214 e. The van der Waals surface area contributed by atoms with Crippen LogP contribution in [-0.4, -0.2) is 36.3 Å². The minimum atomic E-state index is -0.745. The maximum absolute atomic E-state index is 10.2. The van der Waals surface area contributed by atoms with Crippen molar-refractivity contribution >= 4 is 22.9 Å². The lowest BCUT2D eigenvalue weighted by Gasteiger charge is -2.03. The van der Waals surface area contributed by atoms with Crippen molar-refractivity contribution < 1.29 is 4.55 Å². The fourth-order valence-corrected chi connectivity index (χ4v) is 4.12. The minimum Gasteiger partial charge on any atom is -0.188 e. The van der Waals surface area contributed by atoms with Gasteiger partial charge in [-0.25, -0.2) is 0 Å². The zero-order chi connectivity index (χ0) is 15.2. The molecule has 0 bridgehead atoms. The van der Waals surface area contributed by atoms with Gasteiger partial charge in [0.2, 0.25) is 5.16 Å². The summed E-state index contributed by atoms with van der Waals surface area (Å²) in [6.07, 6.45) is 0. The Morgan fingerprint density at radius 3 is 2.41 bits per heavy atom. The predicted octanol–water partition coefficient (Wildman–Crippen LogP) is 2.90. The van der Waals surface area contributed by atoms with Crippen molar-refractivity contribution in [3.63, 3.8) is 0 Å². The predicted molar refractivity (Wildman–Crippen MR) is 89.4 cm³/mol. The Hall–Kier alpha value is -1.83. The summed E-state index contributed by atoms with van der Waals surface area (Å²) in [4.78, 5) is 0.964. The molecule has 5 nitrogen and oxygen atoms in total. The average molecular weight is 331 g/mol. The number of rotatable bonds is 6. The third-order valence-electron chi connectivity index (χ3n) is 2.96. The first kappa shape index (κ1) is 15.1. The molecule has 0 saturated carbocycles. The van der Waals surface area contributed by atoms with E-state index in [0.29, 0.717) is 5.75 Å². The van der Waals surface area contributed by atoms with Crippen LogP contribution >= 0.6 is 11.8 Å². The first-order chi connectivity index (χ1) is 10.8. The molecule has 0 saturated heterocycles. The third kappa shape index (κ3) is 3.68. The number of hydrogen-bond acceptors (Lipinski definition) is 5. The molecule has 0 aliphatic heterocycles. The van der Waals surface area contributed by atoms with E-state index in [1.54, 1.807) is 16.4 Å². The SMILES string of the molecule is O[S+](CCSc1nnnn1-c1ccccc1)c1ccccc1. The Bertz CT molecular complexity index is 706. The van der Waals surface area contributed by atoms with Gasteiger partial charge in [-0.15, -0.1) is 5.10 Å². The molecule has 0 radical (unpaired) electrons. The van der Waals surface area contributed by atoms with E-state index < -0.39 is 11.2 Å². The van der Waals surface area contributed by atoms with Crippen molar-refractivity contribution in [1.29, 1.82) is 0 Å². The van der Waals surface area contributed by atoms with Crippen LogP contribution in [0.2, 0.25) is 0 Å². The molecule has 1 atom stereocenters. The van der Waals surface area contributed by atoms with Gasteiger partial charge in [0.15, 0.2) is 21.8 Å². The van der Waals surface area contributed by atoms with Gasteiger partial charge in [-0.2, -0.15) is 9.23 Å². The van der Waals surface area contributed by atoms with Gasteiger partial charge in [0.1, 0.15) is 0 Å². The van der Waals surface area contributed by atoms with E-state index in [9.17, 15) is 4.55 Å². The molecule has 22 heavy (non-hydrogen) atoms. The maximum atomic E-state index is 10.2. The third-order valence-corrected chi connectivity index (χ3v) is 5.55. The molecule has 0 fully saturated rings. The van der Waals surface area contributed by atoms with E-state index in [1.165, 1.54) is 0 Å². The van der Waals surface area contributed by atoms with Crippen LogP contribution in [0.5, 0.6) is 0 Å². The zero-order valence-electron chi connectivity index (χ0n) is 11.7. The van der Waals surface area contributed by atoms with E-state index in [0.717, 1.165) is 21.5 Å². The standard InChI is InChI=1S/C15H15N4OS2/c20-22(14-9-5-2-6-10-14)12-11-21-15-16-17-18-19(15)13-7-3-1-4-8-13/h1-10,20H,11-12H2/q+1. The highest BCUT2D eigenvalue weighted by Crippen LogP contribution is 2.19. The number of benzene rings is 2. The van der Waals surface area contributed by atoms with E-state index in [4.69, 9.17) is 0 Å². The second-order valence-corrected chi connectivity index (χ2v) is 7.11. The van der Waals surface area contributed by atoms with Crippen molar-refractivity contribution in [2.45, 2.75) is 10.1 Å². The van der Waals surface area contributed by atoms with Crippen molar-refractivity contribution in [3.8, 4) is 5.69 Å². The Labute approximate surface area is 135 Å². The van der Waals surface area contributed by atoms with Crippen LogP contribution < -0.4 is 0 Å². The van der Waals surface area contributed by atoms with Gasteiger partial charge in [0.05, 0.1) is 5.69 Å². The number of tetrazole rings is 1. The highest BCUT2D eigenvalue weighted by atomic mass is 32.2. The first-order valence-electron chi connectivity index (χ1n) is 6.76. The summed E-state index contributed by atoms with van der Waals surface area (Å²) < 4.78 is 11.9. The van der Waals surface area contributed by atoms with Crippen LogP contribution in [0, 0.1) is 0 Å². The van der Waals surface area contributed by atoms with Gasteiger partial charge in [-0.1, -0.05) is 48.2 Å². The molecule has 7 heteroatoms. The fourth-order valence-electron chi connectivity index (χ4n) is 1.91. The molecule has 1 N–H and O–H groups in total. The number of aromatic nitrogens is 4. The Morgan fingerprint density at radius 1 is 1.00 bits per heavy atom. The molecule has 0 amide bonds. The lowest BCUT2D eigenvalue weighted by molar-refractivity contribution is 0.640. The maximum Gasteiger partial charge on any atom is 0.214 e. The normalized spacial score (nSPS) is 12.2. The Kier molecular flexibility index (Phi) is 5.10.